The lowest BCUT2D eigenvalue weighted by atomic mass is 10.1. The van der Waals surface area contributed by atoms with Crippen LogP contribution in [0.4, 0.5) is 0 Å². The Morgan fingerprint density at radius 2 is 1.88 bits per heavy atom. The Labute approximate surface area is 150 Å². The number of esters is 1. The Balaban J connectivity index is 1.88. The molecule has 6 nitrogen and oxygen atoms in total. The van der Waals surface area contributed by atoms with Gasteiger partial charge in [0.15, 0.2) is 13.2 Å². The maximum atomic E-state index is 11.8. The Kier molecular flexibility index (Phi) is 6.61. The molecule has 0 aliphatic carbocycles. The lowest BCUT2D eigenvalue weighted by Gasteiger charge is -2.15. The summed E-state index contributed by atoms with van der Waals surface area (Å²) in [6.07, 6.45) is 0.225. The largest absolute Gasteiger partial charge is 0.481 e. The molecule has 0 bridgehead atoms. The molecule has 7 heteroatoms. The first kappa shape index (κ1) is 18.6. The van der Waals surface area contributed by atoms with Crippen LogP contribution in [0.15, 0.2) is 36.4 Å². The van der Waals surface area contributed by atoms with Crippen LogP contribution in [0, 0.1) is 11.3 Å². The summed E-state index contributed by atoms with van der Waals surface area (Å²) in [5.41, 5.74) is 0. The summed E-state index contributed by atoms with van der Waals surface area (Å²) in [7, 11) is 1.55. The van der Waals surface area contributed by atoms with Gasteiger partial charge in [0.05, 0.1) is 12.5 Å². The van der Waals surface area contributed by atoms with Crippen molar-refractivity contribution in [3.63, 3.8) is 0 Å². The topological polar surface area (TPSA) is 79.6 Å². The molecular weight excluding hydrogens is 344 g/mol. The van der Waals surface area contributed by atoms with Gasteiger partial charge in [0.2, 0.25) is 0 Å². The number of nitriles is 1. The first-order valence-electron chi connectivity index (χ1n) is 7.59. The molecule has 2 rings (SSSR count). The van der Waals surface area contributed by atoms with Gasteiger partial charge in [0, 0.05) is 29.4 Å². The molecule has 0 atom stereocenters. The quantitative estimate of drug-likeness (QED) is 0.709. The van der Waals surface area contributed by atoms with Gasteiger partial charge < -0.3 is 14.4 Å². The van der Waals surface area contributed by atoms with Crippen molar-refractivity contribution < 1.29 is 19.1 Å². The molecule has 0 aliphatic heterocycles. The number of carbonyl (C=O) groups excluding carboxylic acids is 2. The predicted octanol–water partition coefficient (Wildman–Crippen LogP) is 2.79. The number of likely N-dealkylation sites (N-methyl/N-ethyl adjacent to an activating group) is 1. The second-order valence-corrected chi connectivity index (χ2v) is 5.67. The molecule has 0 spiro atoms. The summed E-state index contributed by atoms with van der Waals surface area (Å²) >= 11 is 6.13. The fourth-order valence-corrected chi connectivity index (χ4v) is 2.36. The minimum Gasteiger partial charge on any atom is -0.481 e. The molecule has 130 valence electrons. The number of halogens is 1. The van der Waals surface area contributed by atoms with E-state index >= 15 is 0 Å². The van der Waals surface area contributed by atoms with Gasteiger partial charge in [-0.05, 0) is 12.1 Å². The number of amides is 1. The SMILES string of the molecule is CN(CCC#N)C(=O)COC(=O)COc1ccc(Cl)c2ccccc12. The number of hydrogen-bond donors (Lipinski definition) is 0. The van der Waals surface area contributed by atoms with E-state index in [1.165, 1.54) is 4.90 Å². The molecule has 25 heavy (non-hydrogen) atoms. The van der Waals surface area contributed by atoms with Crippen molar-refractivity contribution >= 4 is 34.2 Å². The van der Waals surface area contributed by atoms with Crippen molar-refractivity contribution in [1.82, 2.24) is 4.90 Å². The van der Waals surface area contributed by atoms with Gasteiger partial charge in [-0.15, -0.1) is 0 Å². The zero-order valence-electron chi connectivity index (χ0n) is 13.7. The fourth-order valence-electron chi connectivity index (χ4n) is 2.13. The zero-order valence-corrected chi connectivity index (χ0v) is 14.5. The second kappa shape index (κ2) is 8.90. The van der Waals surface area contributed by atoms with Crippen LogP contribution in [-0.4, -0.2) is 43.6 Å². The summed E-state index contributed by atoms with van der Waals surface area (Å²) in [4.78, 5) is 24.8. The van der Waals surface area contributed by atoms with Gasteiger partial charge in [-0.2, -0.15) is 5.26 Å². The molecule has 2 aromatic rings. The fraction of sp³-hybridized carbons (Fsp3) is 0.278. The van der Waals surface area contributed by atoms with Crippen molar-refractivity contribution in [2.75, 3.05) is 26.8 Å². The molecule has 0 saturated carbocycles. The highest BCUT2D eigenvalue weighted by Gasteiger charge is 2.13. The molecule has 2 aromatic carbocycles. The summed E-state index contributed by atoms with van der Waals surface area (Å²) in [5.74, 6) is -0.518. The molecule has 0 saturated heterocycles. The van der Waals surface area contributed by atoms with Crippen LogP contribution in [0.3, 0.4) is 0 Å². The molecule has 0 N–H and O–H groups in total. The van der Waals surface area contributed by atoms with E-state index in [1.54, 1.807) is 19.2 Å². The normalized spacial score (nSPS) is 10.1. The number of ether oxygens (including phenoxy) is 2. The Morgan fingerprint density at radius 3 is 2.60 bits per heavy atom. The van der Waals surface area contributed by atoms with E-state index in [1.807, 2.05) is 30.3 Å². The third kappa shape index (κ3) is 5.10. The number of hydrogen-bond acceptors (Lipinski definition) is 5. The Hall–Kier alpha value is -2.78. The van der Waals surface area contributed by atoms with E-state index in [4.69, 9.17) is 26.3 Å². The van der Waals surface area contributed by atoms with E-state index < -0.39 is 5.97 Å². The molecule has 0 radical (unpaired) electrons. The molecule has 0 aliphatic rings. The number of nitrogens with zero attached hydrogens (tertiary/aromatic N) is 2. The highest BCUT2D eigenvalue weighted by atomic mass is 35.5. The molecule has 0 aromatic heterocycles. The third-order valence-electron chi connectivity index (χ3n) is 3.52. The second-order valence-electron chi connectivity index (χ2n) is 5.26. The standard InChI is InChI=1S/C18H17ClN2O4/c1-21(10-4-9-20)17(22)11-25-18(23)12-24-16-8-7-15(19)13-5-2-3-6-14(13)16/h2-3,5-8H,4,10-12H2,1H3. The van der Waals surface area contributed by atoms with Crippen molar-refractivity contribution in [3.05, 3.63) is 41.4 Å². The van der Waals surface area contributed by atoms with Crippen LogP contribution >= 0.6 is 11.6 Å². The maximum Gasteiger partial charge on any atom is 0.344 e. The molecular formula is C18H17ClN2O4. The number of fused-ring (bicyclic) bond motifs is 1. The van der Waals surface area contributed by atoms with Crippen LogP contribution in [-0.2, 0) is 14.3 Å². The van der Waals surface area contributed by atoms with Gasteiger partial charge in [-0.25, -0.2) is 4.79 Å². The van der Waals surface area contributed by atoms with Crippen LogP contribution in [0.5, 0.6) is 5.75 Å². The monoisotopic (exact) mass is 360 g/mol. The van der Waals surface area contributed by atoms with Gasteiger partial charge in [0.1, 0.15) is 5.75 Å². The summed E-state index contributed by atoms with van der Waals surface area (Å²) in [6.45, 7) is -0.410. The van der Waals surface area contributed by atoms with Crippen molar-refractivity contribution in [2.45, 2.75) is 6.42 Å². The van der Waals surface area contributed by atoms with Gasteiger partial charge in [0.25, 0.3) is 5.91 Å². The summed E-state index contributed by atoms with van der Waals surface area (Å²) < 4.78 is 10.4. The minimum atomic E-state index is -0.652. The van der Waals surface area contributed by atoms with E-state index in [2.05, 4.69) is 0 Å². The average Bonchev–Trinajstić information content (AvgIpc) is 2.63. The number of carbonyl (C=O) groups is 2. The van der Waals surface area contributed by atoms with Crippen LogP contribution in [0.25, 0.3) is 10.8 Å². The van der Waals surface area contributed by atoms with E-state index in [9.17, 15) is 9.59 Å². The Morgan fingerprint density at radius 1 is 1.16 bits per heavy atom. The van der Waals surface area contributed by atoms with Crippen molar-refractivity contribution in [2.24, 2.45) is 0 Å². The summed E-state index contributed by atoms with van der Waals surface area (Å²) in [6, 6.07) is 12.7. The number of benzene rings is 2. The smallest absolute Gasteiger partial charge is 0.344 e. The lowest BCUT2D eigenvalue weighted by molar-refractivity contribution is -0.153. The van der Waals surface area contributed by atoms with E-state index in [0.717, 1.165) is 10.8 Å². The van der Waals surface area contributed by atoms with Crippen LogP contribution in [0.1, 0.15) is 6.42 Å². The summed E-state index contributed by atoms with van der Waals surface area (Å²) in [5, 5.41) is 10.7. The van der Waals surface area contributed by atoms with Crippen LogP contribution < -0.4 is 4.74 Å². The van der Waals surface area contributed by atoms with E-state index in [0.29, 0.717) is 17.3 Å². The maximum absolute atomic E-state index is 11.8. The predicted molar refractivity (Wildman–Crippen MR) is 93.3 cm³/mol. The van der Waals surface area contributed by atoms with Crippen molar-refractivity contribution in [1.29, 1.82) is 5.26 Å². The lowest BCUT2D eigenvalue weighted by Crippen LogP contribution is -2.32. The van der Waals surface area contributed by atoms with Crippen molar-refractivity contribution in [3.8, 4) is 11.8 Å². The van der Waals surface area contributed by atoms with Gasteiger partial charge in [-0.1, -0.05) is 35.9 Å². The minimum absolute atomic E-state index is 0.225. The highest BCUT2D eigenvalue weighted by Crippen LogP contribution is 2.31. The molecule has 1 amide bonds. The van der Waals surface area contributed by atoms with Crippen LogP contribution in [0.2, 0.25) is 5.02 Å². The third-order valence-corrected chi connectivity index (χ3v) is 3.85. The van der Waals surface area contributed by atoms with E-state index in [-0.39, 0.29) is 25.5 Å². The first-order valence-corrected chi connectivity index (χ1v) is 7.97. The zero-order chi connectivity index (χ0) is 18.2. The Bertz CT molecular complexity index is 816. The number of rotatable bonds is 7. The molecule has 0 fully saturated rings. The molecule has 0 unspecified atom stereocenters. The molecule has 0 heterocycles. The average molecular weight is 361 g/mol. The highest BCUT2D eigenvalue weighted by molar-refractivity contribution is 6.35. The first-order chi connectivity index (χ1) is 12.0. The van der Waals surface area contributed by atoms with Gasteiger partial charge in [-0.3, -0.25) is 4.79 Å². The van der Waals surface area contributed by atoms with Gasteiger partial charge >= 0.3 is 5.97 Å².